The molecule has 1 aromatic rings. The number of piperidine rings is 1. The third kappa shape index (κ3) is 5.28. The smallest absolute Gasteiger partial charge is 0.264 e. The monoisotopic (exact) mass is 447 g/mol. The van der Waals surface area contributed by atoms with E-state index in [9.17, 15) is 13.6 Å². The molecule has 2 aliphatic rings. The van der Waals surface area contributed by atoms with E-state index in [1.807, 2.05) is 13.8 Å². The van der Waals surface area contributed by atoms with Gasteiger partial charge in [-0.3, -0.25) is 10.2 Å². The fraction of sp³-hybridized carbons (Fsp3) is 0.583. The van der Waals surface area contributed by atoms with E-state index in [1.54, 1.807) is 29.7 Å². The van der Waals surface area contributed by atoms with Crippen molar-refractivity contribution in [2.45, 2.75) is 59.4 Å². The molecule has 3 rings (SSSR count). The number of carbonyl (C=O) groups excluding carboxylic acids is 1. The molecule has 0 bridgehead atoms. The number of amidine groups is 1. The predicted molar refractivity (Wildman–Crippen MR) is 125 cm³/mol. The Kier molecular flexibility index (Phi) is 7.87. The molecule has 32 heavy (non-hydrogen) atoms. The summed E-state index contributed by atoms with van der Waals surface area (Å²) in [6.45, 7) is 10.4. The van der Waals surface area contributed by atoms with Crippen LogP contribution in [0.2, 0.25) is 0 Å². The standard InChI is InChI=1S/C24H35F2N5O/c1-5-31(22-13-19(23(25)26)15(2)12-16(22)3)24(27)20-14-30(17(4)32)11-8-21(20)29-18-6-9-28-10-7-18/h12-13,18,23,27-29H,5-11,14H2,1-4H3. The number of hydrogen-bond acceptors (Lipinski definition) is 4. The molecule has 1 fully saturated rings. The topological polar surface area (TPSA) is 71.5 Å². The quantitative estimate of drug-likeness (QED) is 0.457. The number of aryl methyl sites for hydroxylation is 2. The number of anilines is 1. The molecule has 6 nitrogen and oxygen atoms in total. The van der Waals surface area contributed by atoms with E-state index in [4.69, 9.17) is 5.41 Å². The number of nitrogens with one attached hydrogen (secondary N) is 3. The minimum Gasteiger partial charge on any atom is -0.385 e. The highest BCUT2D eigenvalue weighted by Crippen LogP contribution is 2.32. The molecule has 2 aliphatic heterocycles. The van der Waals surface area contributed by atoms with Crippen molar-refractivity contribution in [1.29, 1.82) is 5.41 Å². The summed E-state index contributed by atoms with van der Waals surface area (Å²) in [5, 5.41) is 16.1. The molecule has 0 atom stereocenters. The van der Waals surface area contributed by atoms with Crippen LogP contribution in [0.1, 0.15) is 56.2 Å². The Bertz CT molecular complexity index is 893. The minimum atomic E-state index is -2.57. The fourth-order valence-corrected chi connectivity index (χ4v) is 4.62. The number of benzene rings is 1. The van der Waals surface area contributed by atoms with Crippen molar-refractivity contribution < 1.29 is 13.6 Å². The lowest BCUT2D eigenvalue weighted by Crippen LogP contribution is -2.46. The van der Waals surface area contributed by atoms with Crippen LogP contribution in [0.25, 0.3) is 0 Å². The molecule has 1 amide bonds. The van der Waals surface area contributed by atoms with Crippen molar-refractivity contribution in [3.8, 4) is 0 Å². The van der Waals surface area contributed by atoms with Gasteiger partial charge in [0.2, 0.25) is 5.91 Å². The Morgan fingerprint density at radius 1 is 1.28 bits per heavy atom. The summed E-state index contributed by atoms with van der Waals surface area (Å²) in [6, 6.07) is 3.61. The van der Waals surface area contributed by atoms with E-state index in [1.165, 1.54) is 6.07 Å². The van der Waals surface area contributed by atoms with Crippen LogP contribution in [0, 0.1) is 19.3 Å². The molecular formula is C24H35F2N5O. The highest BCUT2D eigenvalue weighted by atomic mass is 19.3. The summed E-state index contributed by atoms with van der Waals surface area (Å²) in [5.74, 6) is 0.243. The van der Waals surface area contributed by atoms with E-state index in [0.717, 1.165) is 42.8 Å². The first-order valence-corrected chi connectivity index (χ1v) is 11.4. The Morgan fingerprint density at radius 2 is 1.97 bits per heavy atom. The second-order valence-electron chi connectivity index (χ2n) is 8.71. The molecular weight excluding hydrogens is 412 g/mol. The zero-order valence-electron chi connectivity index (χ0n) is 19.5. The van der Waals surface area contributed by atoms with Crippen LogP contribution in [0.5, 0.6) is 0 Å². The third-order valence-electron chi connectivity index (χ3n) is 6.49. The maximum absolute atomic E-state index is 13.6. The number of halogens is 2. The lowest BCUT2D eigenvalue weighted by molar-refractivity contribution is -0.128. The number of alkyl halides is 2. The maximum Gasteiger partial charge on any atom is 0.264 e. The van der Waals surface area contributed by atoms with Crippen molar-refractivity contribution >= 4 is 17.4 Å². The molecule has 0 aliphatic carbocycles. The number of rotatable bonds is 6. The first kappa shape index (κ1) is 24.2. The van der Waals surface area contributed by atoms with Crippen LogP contribution in [-0.4, -0.2) is 55.4 Å². The van der Waals surface area contributed by atoms with Crippen LogP contribution in [0.4, 0.5) is 14.5 Å². The summed E-state index contributed by atoms with van der Waals surface area (Å²) in [4.78, 5) is 15.6. The van der Waals surface area contributed by atoms with E-state index < -0.39 is 6.43 Å². The Hall–Kier alpha value is -2.48. The molecule has 176 valence electrons. The summed E-state index contributed by atoms with van der Waals surface area (Å²) >= 11 is 0. The predicted octanol–water partition coefficient (Wildman–Crippen LogP) is 3.89. The molecule has 0 radical (unpaired) electrons. The van der Waals surface area contributed by atoms with Gasteiger partial charge in [0, 0.05) is 55.0 Å². The summed E-state index contributed by atoms with van der Waals surface area (Å²) in [7, 11) is 0. The van der Waals surface area contributed by atoms with E-state index in [-0.39, 0.29) is 17.3 Å². The molecule has 0 unspecified atom stereocenters. The molecule has 2 heterocycles. The highest BCUT2D eigenvalue weighted by molar-refractivity contribution is 6.09. The van der Waals surface area contributed by atoms with E-state index in [2.05, 4.69) is 10.6 Å². The van der Waals surface area contributed by atoms with Crippen molar-refractivity contribution in [3.63, 3.8) is 0 Å². The van der Waals surface area contributed by atoms with Crippen molar-refractivity contribution in [2.24, 2.45) is 0 Å². The molecule has 0 saturated carbocycles. The molecule has 8 heteroatoms. The van der Waals surface area contributed by atoms with Crippen molar-refractivity contribution in [1.82, 2.24) is 15.5 Å². The van der Waals surface area contributed by atoms with Gasteiger partial charge in [-0.25, -0.2) is 8.78 Å². The normalized spacial score (nSPS) is 17.7. The largest absolute Gasteiger partial charge is 0.385 e. The average Bonchev–Trinajstić information content (AvgIpc) is 2.76. The van der Waals surface area contributed by atoms with Gasteiger partial charge in [0.25, 0.3) is 6.43 Å². The van der Waals surface area contributed by atoms with Crippen molar-refractivity contribution in [2.75, 3.05) is 37.6 Å². The Morgan fingerprint density at radius 3 is 2.56 bits per heavy atom. The highest BCUT2D eigenvalue weighted by Gasteiger charge is 2.29. The minimum absolute atomic E-state index is 0.00658. The zero-order valence-corrected chi connectivity index (χ0v) is 19.5. The average molecular weight is 448 g/mol. The maximum atomic E-state index is 13.6. The van der Waals surface area contributed by atoms with Gasteiger partial charge in [-0.2, -0.15) is 0 Å². The van der Waals surface area contributed by atoms with Crippen LogP contribution in [0.15, 0.2) is 23.4 Å². The van der Waals surface area contributed by atoms with Gasteiger partial charge < -0.3 is 20.4 Å². The number of carbonyl (C=O) groups is 1. The van der Waals surface area contributed by atoms with Crippen LogP contribution >= 0.6 is 0 Å². The molecule has 1 aromatic carbocycles. The SMILES string of the molecule is CCN(C(=N)C1=C(NC2CCNCC2)CCN(C(C)=O)C1)c1cc(C(F)F)c(C)cc1C. The second kappa shape index (κ2) is 10.4. The van der Waals surface area contributed by atoms with Gasteiger partial charge >= 0.3 is 0 Å². The first-order chi connectivity index (χ1) is 15.2. The van der Waals surface area contributed by atoms with Gasteiger partial charge in [0.05, 0.1) is 6.54 Å². The zero-order chi connectivity index (χ0) is 23.4. The number of amides is 1. The van der Waals surface area contributed by atoms with Gasteiger partial charge in [0.1, 0.15) is 5.84 Å². The van der Waals surface area contributed by atoms with Gasteiger partial charge in [0.15, 0.2) is 0 Å². The Balaban J connectivity index is 1.98. The first-order valence-electron chi connectivity index (χ1n) is 11.4. The third-order valence-corrected chi connectivity index (χ3v) is 6.49. The molecule has 3 N–H and O–H groups in total. The van der Waals surface area contributed by atoms with Crippen LogP contribution < -0.4 is 15.5 Å². The number of hydrogen-bond donors (Lipinski definition) is 3. The summed E-state index contributed by atoms with van der Waals surface area (Å²) < 4.78 is 27.2. The molecule has 0 aromatic heterocycles. The van der Waals surface area contributed by atoms with E-state index in [0.29, 0.717) is 43.3 Å². The van der Waals surface area contributed by atoms with E-state index >= 15 is 0 Å². The fourth-order valence-electron chi connectivity index (χ4n) is 4.62. The number of nitrogens with zero attached hydrogens (tertiary/aromatic N) is 2. The van der Waals surface area contributed by atoms with Gasteiger partial charge in [-0.1, -0.05) is 6.07 Å². The van der Waals surface area contributed by atoms with Crippen LogP contribution in [0.3, 0.4) is 0 Å². The van der Waals surface area contributed by atoms with Gasteiger partial charge in [-0.05, 0) is 63.9 Å². The second-order valence-corrected chi connectivity index (χ2v) is 8.71. The molecule has 0 spiro atoms. The lowest BCUT2D eigenvalue weighted by Gasteiger charge is -2.36. The van der Waals surface area contributed by atoms with Crippen LogP contribution in [-0.2, 0) is 4.79 Å². The van der Waals surface area contributed by atoms with Crippen molar-refractivity contribution in [3.05, 3.63) is 40.1 Å². The van der Waals surface area contributed by atoms with Gasteiger partial charge in [-0.15, -0.1) is 0 Å². The summed E-state index contributed by atoms with van der Waals surface area (Å²) in [6.07, 6.45) is 0.106. The summed E-state index contributed by atoms with van der Waals surface area (Å²) in [5.41, 5.74) is 3.78. The number of likely N-dealkylation sites (N-methyl/N-ethyl adjacent to an activating group) is 1. The lowest BCUT2D eigenvalue weighted by atomic mass is 9.99. The molecule has 1 saturated heterocycles. The Labute approximate surface area is 189 Å².